The molecule has 0 amide bonds. The third kappa shape index (κ3) is 10.3. The number of aromatic hydroxyl groups is 2. The van der Waals surface area contributed by atoms with E-state index in [1.807, 2.05) is 95.2 Å². The van der Waals surface area contributed by atoms with E-state index in [1.165, 1.54) is 12.1 Å². The summed E-state index contributed by atoms with van der Waals surface area (Å²) in [6, 6.07) is 6.68. The van der Waals surface area contributed by atoms with Crippen molar-refractivity contribution < 1.29 is 74.1 Å². The Hall–Kier alpha value is -3.38. The largest absolute Gasteiger partial charge is 0.507 e. The molecule has 2 heterocycles. The molecule has 8 N–H and O–H groups in total. The summed E-state index contributed by atoms with van der Waals surface area (Å²) in [5.41, 5.74) is 0.397. The molecule has 0 saturated carbocycles. The Morgan fingerprint density at radius 1 is 0.509 bits per heavy atom. The summed E-state index contributed by atoms with van der Waals surface area (Å²) in [7, 11) is 0. The van der Waals surface area contributed by atoms with Crippen molar-refractivity contribution in [1.29, 1.82) is 0 Å². The summed E-state index contributed by atoms with van der Waals surface area (Å²) in [5.74, 6) is -2.47. The molecule has 0 radical (unpaired) electrons. The van der Waals surface area contributed by atoms with Gasteiger partial charge >= 0.3 is 11.9 Å². The van der Waals surface area contributed by atoms with Crippen LogP contribution in [0.25, 0.3) is 0 Å². The molecule has 2 saturated heterocycles. The van der Waals surface area contributed by atoms with Crippen molar-refractivity contribution >= 4 is 11.9 Å². The molecule has 0 aliphatic carbocycles. The van der Waals surface area contributed by atoms with Gasteiger partial charge in [0.2, 0.25) is 0 Å². The fourth-order valence-corrected chi connectivity index (χ4v) is 6.53. The van der Waals surface area contributed by atoms with Gasteiger partial charge in [-0.2, -0.15) is 0 Å². The molecule has 2 aromatic carbocycles. The first-order valence-corrected chi connectivity index (χ1v) is 19.1. The van der Waals surface area contributed by atoms with Gasteiger partial charge in [-0.1, -0.05) is 95.2 Å². The van der Waals surface area contributed by atoms with Crippen LogP contribution in [0, 0.1) is 0 Å². The van der Waals surface area contributed by atoms with E-state index in [-0.39, 0.29) is 22.6 Å². The summed E-state index contributed by atoms with van der Waals surface area (Å²) in [5, 5.41) is 86.7. The number of aliphatic hydroxyl groups excluding tert-OH is 6. The molecule has 10 atom stereocenters. The van der Waals surface area contributed by atoms with Gasteiger partial charge in [-0.25, -0.2) is 9.59 Å². The Kier molecular flexibility index (Phi) is 13.6. The molecule has 57 heavy (non-hydrogen) atoms. The van der Waals surface area contributed by atoms with E-state index in [1.54, 1.807) is 0 Å². The molecule has 0 bridgehead atoms. The number of phenols is 2. The number of ether oxygens (including phenoxy) is 5. The van der Waals surface area contributed by atoms with Crippen molar-refractivity contribution in [1.82, 2.24) is 0 Å². The summed E-state index contributed by atoms with van der Waals surface area (Å²) in [4.78, 5) is 26.8. The first-order valence-electron chi connectivity index (χ1n) is 19.1. The zero-order valence-corrected chi connectivity index (χ0v) is 34.9. The summed E-state index contributed by atoms with van der Waals surface area (Å²) in [6.07, 6.45) is -18.0. The summed E-state index contributed by atoms with van der Waals surface area (Å²) >= 11 is 0. The second kappa shape index (κ2) is 16.7. The number of carbonyl (C=O) groups is 2. The smallest absolute Gasteiger partial charge is 0.342 e. The van der Waals surface area contributed by atoms with Gasteiger partial charge in [-0.15, -0.1) is 0 Å². The van der Waals surface area contributed by atoms with Crippen molar-refractivity contribution in [2.75, 3.05) is 13.2 Å². The number of hydrogen-bond acceptors (Lipinski definition) is 15. The number of hydrogen-bond donors (Lipinski definition) is 8. The minimum Gasteiger partial charge on any atom is -0.507 e. The van der Waals surface area contributed by atoms with Crippen LogP contribution in [0.1, 0.15) is 126 Å². The van der Waals surface area contributed by atoms with Crippen LogP contribution in [-0.2, 0) is 45.3 Å². The molecule has 2 aromatic rings. The van der Waals surface area contributed by atoms with Crippen LogP contribution in [0.2, 0.25) is 0 Å². The van der Waals surface area contributed by atoms with Gasteiger partial charge in [0.1, 0.15) is 84.7 Å². The number of rotatable bonds is 8. The van der Waals surface area contributed by atoms with Crippen molar-refractivity contribution in [2.24, 2.45) is 0 Å². The Bertz CT molecular complexity index is 1640. The van der Waals surface area contributed by atoms with Crippen molar-refractivity contribution in [2.45, 2.75) is 166 Å². The highest BCUT2D eigenvalue weighted by molar-refractivity contribution is 5.94. The number of esters is 2. The molecule has 2 fully saturated rings. The Balaban J connectivity index is 1.50. The predicted molar refractivity (Wildman–Crippen MR) is 206 cm³/mol. The fraction of sp³-hybridized carbons (Fsp3) is 0.667. The van der Waals surface area contributed by atoms with Gasteiger partial charge in [-0.05, 0) is 44.9 Å². The van der Waals surface area contributed by atoms with Crippen LogP contribution >= 0.6 is 0 Å². The molecule has 4 rings (SSSR count). The number of benzene rings is 2. The van der Waals surface area contributed by atoms with E-state index in [9.17, 15) is 50.4 Å². The lowest BCUT2D eigenvalue weighted by Crippen LogP contribution is -2.64. The SMILES string of the molecule is CC(C)(C)c1cc(C(=O)OC[C@@H]2O[C@@H](O[C@H]3O[C@H](COC(=O)c4cc(C(C)(C)C)cc(C(C)(C)C)c4O)[C@@H](O)[C@H](O)[C@H]3O)[C@@H](O)[C@H](O)[C@H]2O)c(O)c(C(C)(C)C)c1. The zero-order chi connectivity index (χ0) is 43.3. The maximum Gasteiger partial charge on any atom is 0.342 e. The first kappa shape index (κ1) is 46.3. The lowest BCUT2D eigenvalue weighted by molar-refractivity contribution is -0.376. The molecular weight excluding hydrogens is 744 g/mol. The molecule has 0 aromatic heterocycles. The number of phenolic OH excluding ortho intramolecular Hbond substituents is 2. The zero-order valence-electron chi connectivity index (χ0n) is 34.9. The quantitative estimate of drug-likeness (QED) is 0.179. The van der Waals surface area contributed by atoms with E-state index in [0.29, 0.717) is 11.1 Å². The van der Waals surface area contributed by atoms with Gasteiger partial charge in [0.05, 0.1) is 0 Å². The van der Waals surface area contributed by atoms with Crippen LogP contribution in [0.3, 0.4) is 0 Å². The summed E-state index contributed by atoms with van der Waals surface area (Å²) in [6.45, 7) is 21.6. The van der Waals surface area contributed by atoms with Gasteiger partial charge in [0.25, 0.3) is 0 Å². The normalized spacial score (nSPS) is 28.9. The van der Waals surface area contributed by atoms with Gasteiger partial charge < -0.3 is 64.5 Å². The third-order valence-electron chi connectivity index (χ3n) is 10.4. The second-order valence-electron chi connectivity index (χ2n) is 19.2. The van der Waals surface area contributed by atoms with Crippen LogP contribution in [0.15, 0.2) is 24.3 Å². The van der Waals surface area contributed by atoms with E-state index in [2.05, 4.69) is 0 Å². The van der Waals surface area contributed by atoms with E-state index in [4.69, 9.17) is 23.7 Å². The van der Waals surface area contributed by atoms with Crippen molar-refractivity contribution in [3.63, 3.8) is 0 Å². The molecule has 15 heteroatoms. The standard InChI is InChI=1S/C42H62O15/c1-39(2,3)19-13-21(27(43)23(15-19)41(7,8)9)35(51)53-17-25-29(45)31(47)33(49)37(55-25)57-38-34(50)32(48)30(46)26(56-38)18-54-36(52)22-14-20(40(4,5)6)16-24(28(22)44)42(10,11)12/h13-16,25-26,29-34,37-38,43-50H,17-18H2,1-12H3/t25-,26+,29-,30+,31+,32-,33-,34+,37-,38+. The van der Waals surface area contributed by atoms with Crippen LogP contribution in [0.4, 0.5) is 0 Å². The second-order valence-corrected chi connectivity index (χ2v) is 19.2. The molecule has 2 aliphatic heterocycles. The van der Waals surface area contributed by atoms with Crippen molar-refractivity contribution in [3.8, 4) is 11.5 Å². The molecule has 15 nitrogen and oxygen atoms in total. The molecular formula is C42H62O15. The minimum absolute atomic E-state index is 0.129. The van der Waals surface area contributed by atoms with Gasteiger partial charge in [0.15, 0.2) is 12.6 Å². The molecule has 0 spiro atoms. The Morgan fingerprint density at radius 3 is 1.11 bits per heavy atom. The highest BCUT2D eigenvalue weighted by Crippen LogP contribution is 2.40. The minimum atomic E-state index is -1.94. The van der Waals surface area contributed by atoms with Crippen LogP contribution in [0.5, 0.6) is 11.5 Å². The highest BCUT2D eigenvalue weighted by Gasteiger charge is 2.50. The topological polar surface area (TPSA) is 242 Å². The highest BCUT2D eigenvalue weighted by atomic mass is 16.8. The van der Waals surface area contributed by atoms with Gasteiger partial charge in [-0.3, -0.25) is 0 Å². The Morgan fingerprint density at radius 2 is 0.825 bits per heavy atom. The average molecular weight is 807 g/mol. The van der Waals surface area contributed by atoms with Crippen LogP contribution in [-0.4, -0.2) is 127 Å². The predicted octanol–water partition coefficient (Wildman–Crippen LogP) is 2.93. The Labute approximate surface area is 334 Å². The van der Waals surface area contributed by atoms with Gasteiger partial charge in [0, 0.05) is 11.1 Å². The molecule has 0 unspecified atom stereocenters. The van der Waals surface area contributed by atoms with Crippen LogP contribution < -0.4 is 0 Å². The van der Waals surface area contributed by atoms with E-state index in [0.717, 1.165) is 11.1 Å². The van der Waals surface area contributed by atoms with E-state index >= 15 is 0 Å². The van der Waals surface area contributed by atoms with E-state index < -0.39 is 108 Å². The maximum absolute atomic E-state index is 13.4. The average Bonchev–Trinajstić information content (AvgIpc) is 3.08. The maximum atomic E-state index is 13.4. The van der Waals surface area contributed by atoms with Crippen molar-refractivity contribution in [3.05, 3.63) is 57.6 Å². The number of carbonyl (C=O) groups excluding carboxylic acids is 2. The third-order valence-corrected chi connectivity index (χ3v) is 10.4. The summed E-state index contributed by atoms with van der Waals surface area (Å²) < 4.78 is 27.9. The lowest BCUT2D eigenvalue weighted by Gasteiger charge is -2.44. The lowest BCUT2D eigenvalue weighted by atomic mass is 9.79. The monoisotopic (exact) mass is 806 g/mol. The first-order chi connectivity index (χ1) is 25.9. The molecule has 2 aliphatic rings. The number of aliphatic hydroxyl groups is 6. The fourth-order valence-electron chi connectivity index (χ4n) is 6.53. The molecule has 320 valence electrons.